The van der Waals surface area contributed by atoms with Gasteiger partial charge in [0.05, 0.1) is 18.9 Å². The SMILES string of the molecule is CCOC(=O)C(Cc1ccccc1OCCC=C1c2cnccc2-c2cccnc21)OC. The number of benzene rings is 1. The summed E-state index contributed by atoms with van der Waals surface area (Å²) in [4.78, 5) is 21.0. The van der Waals surface area contributed by atoms with Gasteiger partial charge in [-0.2, -0.15) is 0 Å². The molecule has 0 saturated heterocycles. The number of nitrogens with zero attached hydrogens (tertiary/aromatic N) is 2. The van der Waals surface area contributed by atoms with E-state index in [4.69, 9.17) is 14.2 Å². The van der Waals surface area contributed by atoms with Crippen LogP contribution in [0.4, 0.5) is 0 Å². The number of esters is 1. The molecular formula is C26H26N2O4. The van der Waals surface area contributed by atoms with Crippen LogP contribution in [0.25, 0.3) is 16.7 Å². The summed E-state index contributed by atoms with van der Waals surface area (Å²) in [6.45, 7) is 2.60. The number of methoxy groups -OCH3 is 1. The molecule has 2 aromatic heterocycles. The molecule has 1 aromatic carbocycles. The fraction of sp³-hybridized carbons (Fsp3) is 0.269. The zero-order valence-corrected chi connectivity index (χ0v) is 18.3. The number of para-hydroxylation sites is 1. The van der Waals surface area contributed by atoms with Gasteiger partial charge in [-0.3, -0.25) is 9.97 Å². The van der Waals surface area contributed by atoms with Crippen LogP contribution in [0, 0.1) is 0 Å². The van der Waals surface area contributed by atoms with Crippen LogP contribution in [0.1, 0.15) is 30.2 Å². The number of hydrogen-bond donors (Lipinski definition) is 0. The van der Waals surface area contributed by atoms with E-state index in [2.05, 4.69) is 22.1 Å². The zero-order chi connectivity index (χ0) is 22.3. The van der Waals surface area contributed by atoms with E-state index in [0.29, 0.717) is 26.1 Å². The van der Waals surface area contributed by atoms with Gasteiger partial charge in [0.25, 0.3) is 0 Å². The summed E-state index contributed by atoms with van der Waals surface area (Å²) in [6.07, 6.45) is 8.10. The number of carbonyl (C=O) groups excluding carboxylic acids is 1. The molecule has 1 atom stereocenters. The minimum absolute atomic E-state index is 0.322. The van der Waals surface area contributed by atoms with Gasteiger partial charge in [0, 0.05) is 55.2 Å². The Labute approximate surface area is 187 Å². The standard InChI is InChI=1S/C26H26N2O4/c1-3-31-26(29)24(30-2)16-18-8-4-5-11-23(18)32-15-7-10-21-22-17-27-14-12-19(22)20-9-6-13-28-25(20)21/h4-6,8-14,17,24H,3,7,15-16H2,1-2H3. The molecule has 0 radical (unpaired) electrons. The van der Waals surface area contributed by atoms with Crippen LogP contribution >= 0.6 is 0 Å². The highest BCUT2D eigenvalue weighted by Crippen LogP contribution is 2.42. The van der Waals surface area contributed by atoms with Gasteiger partial charge in [0.1, 0.15) is 5.75 Å². The number of aromatic nitrogens is 2. The van der Waals surface area contributed by atoms with E-state index in [1.165, 1.54) is 7.11 Å². The second-order valence-corrected chi connectivity index (χ2v) is 7.36. The smallest absolute Gasteiger partial charge is 0.335 e. The summed E-state index contributed by atoms with van der Waals surface area (Å²) < 4.78 is 16.5. The van der Waals surface area contributed by atoms with Crippen molar-refractivity contribution in [2.45, 2.75) is 25.9 Å². The summed E-state index contributed by atoms with van der Waals surface area (Å²) >= 11 is 0. The molecule has 6 nitrogen and oxygen atoms in total. The first-order valence-electron chi connectivity index (χ1n) is 10.7. The largest absolute Gasteiger partial charge is 0.493 e. The highest BCUT2D eigenvalue weighted by atomic mass is 16.6. The summed E-state index contributed by atoms with van der Waals surface area (Å²) in [7, 11) is 1.51. The molecule has 0 fully saturated rings. The van der Waals surface area contributed by atoms with E-state index in [1.54, 1.807) is 6.92 Å². The van der Waals surface area contributed by atoms with E-state index >= 15 is 0 Å². The molecule has 1 aliphatic carbocycles. The molecule has 6 heteroatoms. The number of rotatable bonds is 9. The molecule has 0 amide bonds. The number of fused-ring (bicyclic) bond motifs is 3. The maximum atomic E-state index is 12.1. The van der Waals surface area contributed by atoms with Crippen LogP contribution in [-0.4, -0.2) is 42.4 Å². The van der Waals surface area contributed by atoms with Crippen molar-refractivity contribution in [1.29, 1.82) is 0 Å². The predicted molar refractivity (Wildman–Crippen MR) is 122 cm³/mol. The Morgan fingerprint density at radius 2 is 1.94 bits per heavy atom. The van der Waals surface area contributed by atoms with E-state index in [9.17, 15) is 4.79 Å². The van der Waals surface area contributed by atoms with Crippen LogP contribution in [-0.2, 0) is 20.7 Å². The molecule has 0 saturated carbocycles. The number of hydrogen-bond acceptors (Lipinski definition) is 6. The summed E-state index contributed by atoms with van der Waals surface area (Å²) in [5.41, 5.74) is 6.36. The maximum Gasteiger partial charge on any atom is 0.335 e. The molecule has 0 N–H and O–H groups in total. The quantitative estimate of drug-likeness (QED) is 0.288. The number of pyridine rings is 2. The topological polar surface area (TPSA) is 70.5 Å². The third kappa shape index (κ3) is 4.55. The highest BCUT2D eigenvalue weighted by Gasteiger charge is 2.24. The molecule has 164 valence electrons. The third-order valence-electron chi connectivity index (χ3n) is 5.40. The Bertz CT molecular complexity index is 1080. The summed E-state index contributed by atoms with van der Waals surface area (Å²) in [5.74, 6) is 0.374. The van der Waals surface area contributed by atoms with Crippen molar-refractivity contribution in [2.24, 2.45) is 0 Å². The van der Waals surface area contributed by atoms with Crippen molar-refractivity contribution in [3.63, 3.8) is 0 Å². The molecule has 4 rings (SSSR count). The van der Waals surface area contributed by atoms with Gasteiger partial charge in [-0.05, 0) is 36.2 Å². The lowest BCUT2D eigenvalue weighted by Gasteiger charge is -2.16. The third-order valence-corrected chi connectivity index (χ3v) is 5.40. The molecule has 0 bridgehead atoms. The highest BCUT2D eigenvalue weighted by molar-refractivity contribution is 5.99. The van der Waals surface area contributed by atoms with E-state index in [0.717, 1.165) is 39.3 Å². The second kappa shape index (κ2) is 10.2. The lowest BCUT2D eigenvalue weighted by atomic mass is 10.1. The van der Waals surface area contributed by atoms with Gasteiger partial charge in [-0.1, -0.05) is 30.3 Å². The Kier molecular flexibility index (Phi) is 6.92. The molecule has 3 aromatic rings. The van der Waals surface area contributed by atoms with Gasteiger partial charge >= 0.3 is 5.97 Å². The van der Waals surface area contributed by atoms with Crippen LogP contribution < -0.4 is 4.74 Å². The zero-order valence-electron chi connectivity index (χ0n) is 18.3. The molecule has 2 heterocycles. The van der Waals surface area contributed by atoms with Crippen molar-refractivity contribution >= 4 is 11.5 Å². The first-order valence-corrected chi connectivity index (χ1v) is 10.7. The van der Waals surface area contributed by atoms with Crippen LogP contribution in [0.5, 0.6) is 5.75 Å². The normalized spacial score (nSPS) is 14.0. The van der Waals surface area contributed by atoms with Gasteiger partial charge < -0.3 is 14.2 Å². The molecular weight excluding hydrogens is 404 g/mol. The van der Waals surface area contributed by atoms with E-state index < -0.39 is 6.10 Å². The Morgan fingerprint density at radius 3 is 2.78 bits per heavy atom. The maximum absolute atomic E-state index is 12.1. The van der Waals surface area contributed by atoms with Gasteiger partial charge in [0.15, 0.2) is 6.10 Å². The van der Waals surface area contributed by atoms with Gasteiger partial charge in [0.2, 0.25) is 0 Å². The molecule has 32 heavy (non-hydrogen) atoms. The van der Waals surface area contributed by atoms with Gasteiger partial charge in [-0.25, -0.2) is 4.79 Å². The van der Waals surface area contributed by atoms with Crippen LogP contribution in [0.15, 0.2) is 67.1 Å². The van der Waals surface area contributed by atoms with Gasteiger partial charge in [-0.15, -0.1) is 0 Å². The lowest BCUT2D eigenvalue weighted by Crippen LogP contribution is -2.27. The average Bonchev–Trinajstić information content (AvgIpc) is 3.15. The molecule has 0 aliphatic heterocycles. The lowest BCUT2D eigenvalue weighted by molar-refractivity contribution is -0.154. The Morgan fingerprint density at radius 1 is 1.06 bits per heavy atom. The minimum atomic E-state index is -0.660. The number of carbonyl (C=O) groups is 1. The van der Waals surface area contributed by atoms with Crippen molar-refractivity contribution in [3.05, 3.63) is 84.0 Å². The second-order valence-electron chi connectivity index (χ2n) is 7.36. The first-order chi connectivity index (χ1) is 15.7. The van der Waals surface area contributed by atoms with E-state index in [-0.39, 0.29) is 5.97 Å². The van der Waals surface area contributed by atoms with E-state index in [1.807, 2.05) is 55.0 Å². The van der Waals surface area contributed by atoms with Crippen LogP contribution in [0.3, 0.4) is 0 Å². The average molecular weight is 431 g/mol. The molecule has 1 unspecified atom stereocenters. The fourth-order valence-corrected chi connectivity index (χ4v) is 3.90. The van der Waals surface area contributed by atoms with Crippen LogP contribution in [0.2, 0.25) is 0 Å². The minimum Gasteiger partial charge on any atom is -0.493 e. The van der Waals surface area contributed by atoms with Crippen molar-refractivity contribution in [2.75, 3.05) is 20.3 Å². The summed E-state index contributed by atoms with van der Waals surface area (Å²) in [5, 5.41) is 0. The number of ether oxygens (including phenoxy) is 3. The van der Waals surface area contributed by atoms with Crippen molar-refractivity contribution < 1.29 is 19.0 Å². The Hall–Kier alpha value is -3.51. The molecule has 0 spiro atoms. The summed E-state index contributed by atoms with van der Waals surface area (Å²) in [6, 6.07) is 13.8. The Balaban J connectivity index is 1.45. The molecule has 1 aliphatic rings. The predicted octanol–water partition coefficient (Wildman–Crippen LogP) is 4.48. The fourth-order valence-electron chi connectivity index (χ4n) is 3.90. The monoisotopic (exact) mass is 430 g/mol. The first kappa shape index (κ1) is 21.7. The van der Waals surface area contributed by atoms with Crippen molar-refractivity contribution in [1.82, 2.24) is 9.97 Å². The van der Waals surface area contributed by atoms with Crippen molar-refractivity contribution in [3.8, 4) is 16.9 Å².